The molecule has 1 heterocycles. The average Bonchev–Trinajstić information content (AvgIpc) is 2.91. The van der Waals surface area contributed by atoms with Crippen LogP contribution in [0.1, 0.15) is 79.5 Å². The maximum Gasteiger partial charge on any atom is 1.00 e. The second kappa shape index (κ2) is 12.0. The molecule has 3 nitrogen and oxygen atoms in total. The summed E-state index contributed by atoms with van der Waals surface area (Å²) in [7, 11) is 0. The van der Waals surface area contributed by atoms with Crippen LogP contribution in [0.15, 0.2) is 4.99 Å². The molecule has 1 N–H and O–H groups in total. The van der Waals surface area contributed by atoms with Crippen molar-refractivity contribution in [1.82, 2.24) is 4.90 Å². The molecule has 1 atom stereocenters. The van der Waals surface area contributed by atoms with E-state index >= 15 is 0 Å². The van der Waals surface area contributed by atoms with Gasteiger partial charge in [0.25, 0.3) is 0 Å². The van der Waals surface area contributed by atoms with Gasteiger partial charge >= 0.3 is 29.6 Å². The summed E-state index contributed by atoms with van der Waals surface area (Å²) >= 11 is 0. The molecule has 0 saturated carbocycles. The SMILES string of the molecule is CCCCCCCCCCCC(C)(O)N1C=NCC1.[H-].[Na+]. The third-order valence-corrected chi connectivity index (χ3v) is 4.06. The van der Waals surface area contributed by atoms with Gasteiger partial charge in [0.05, 0.1) is 12.9 Å². The zero-order valence-corrected chi connectivity index (χ0v) is 15.9. The smallest absolute Gasteiger partial charge is 1.00 e. The predicted molar refractivity (Wildman–Crippen MR) is 83.6 cm³/mol. The van der Waals surface area contributed by atoms with Gasteiger partial charge in [0.15, 0.2) is 0 Å². The number of hydrogen-bond donors (Lipinski definition) is 1. The fraction of sp³-hybridized carbons (Fsp3) is 0.938. The minimum atomic E-state index is -0.693. The maximum absolute atomic E-state index is 10.3. The Morgan fingerprint density at radius 1 is 1.10 bits per heavy atom. The van der Waals surface area contributed by atoms with Gasteiger partial charge in [0.1, 0.15) is 5.72 Å². The minimum absolute atomic E-state index is 0. The summed E-state index contributed by atoms with van der Waals surface area (Å²) < 4.78 is 0. The molecule has 1 aliphatic heterocycles. The second-order valence-electron chi connectivity index (χ2n) is 6.01. The maximum atomic E-state index is 10.3. The monoisotopic (exact) mass is 292 g/mol. The Hall–Kier alpha value is 0.430. The van der Waals surface area contributed by atoms with E-state index in [1.54, 1.807) is 6.34 Å². The van der Waals surface area contributed by atoms with E-state index in [-0.39, 0.29) is 31.0 Å². The first-order valence-corrected chi connectivity index (χ1v) is 8.16. The van der Waals surface area contributed by atoms with E-state index < -0.39 is 5.72 Å². The Morgan fingerprint density at radius 3 is 2.15 bits per heavy atom. The first-order chi connectivity index (χ1) is 9.17. The molecular weight excluding hydrogens is 259 g/mol. The topological polar surface area (TPSA) is 35.8 Å². The third kappa shape index (κ3) is 8.66. The molecule has 0 aromatic rings. The number of aliphatic hydroxyl groups is 1. The van der Waals surface area contributed by atoms with Crippen LogP contribution < -0.4 is 29.6 Å². The third-order valence-electron chi connectivity index (χ3n) is 4.06. The first kappa shape index (κ1) is 20.4. The van der Waals surface area contributed by atoms with E-state index in [1.807, 2.05) is 11.8 Å². The van der Waals surface area contributed by atoms with Crippen molar-refractivity contribution in [3.63, 3.8) is 0 Å². The molecule has 0 aromatic heterocycles. The summed E-state index contributed by atoms with van der Waals surface area (Å²) in [5.74, 6) is 0. The van der Waals surface area contributed by atoms with Gasteiger partial charge in [-0.05, 0) is 19.8 Å². The Kier molecular flexibility index (Phi) is 12.3. The van der Waals surface area contributed by atoms with Crippen LogP contribution in [0.25, 0.3) is 0 Å². The van der Waals surface area contributed by atoms with Crippen LogP contribution in [-0.4, -0.2) is 35.2 Å². The molecule has 0 saturated heterocycles. The molecule has 0 aromatic carbocycles. The number of aliphatic imine (C=N–C) groups is 1. The van der Waals surface area contributed by atoms with Gasteiger partial charge in [-0.2, -0.15) is 0 Å². The van der Waals surface area contributed by atoms with E-state index in [0.717, 1.165) is 25.9 Å². The molecule has 1 aliphatic rings. The zero-order chi connectivity index (χ0) is 14.0. The van der Waals surface area contributed by atoms with Crippen LogP contribution in [0.5, 0.6) is 0 Å². The number of hydrogen-bond acceptors (Lipinski definition) is 3. The van der Waals surface area contributed by atoms with Crippen LogP contribution in [-0.2, 0) is 0 Å². The number of rotatable bonds is 11. The fourth-order valence-corrected chi connectivity index (χ4v) is 2.66. The Bertz CT molecular complexity index is 263. The van der Waals surface area contributed by atoms with E-state index in [1.165, 1.54) is 51.4 Å². The number of nitrogens with zero attached hydrogens (tertiary/aromatic N) is 2. The van der Waals surface area contributed by atoms with Crippen molar-refractivity contribution in [3.05, 3.63) is 0 Å². The van der Waals surface area contributed by atoms with Crippen molar-refractivity contribution in [2.45, 2.75) is 83.8 Å². The molecule has 20 heavy (non-hydrogen) atoms. The molecule has 0 bridgehead atoms. The van der Waals surface area contributed by atoms with Crippen molar-refractivity contribution in [2.24, 2.45) is 4.99 Å². The van der Waals surface area contributed by atoms with Crippen molar-refractivity contribution in [1.29, 1.82) is 0 Å². The van der Waals surface area contributed by atoms with Crippen LogP contribution in [0, 0.1) is 0 Å². The van der Waals surface area contributed by atoms with E-state index in [2.05, 4.69) is 11.9 Å². The fourth-order valence-electron chi connectivity index (χ4n) is 2.66. The van der Waals surface area contributed by atoms with E-state index in [0.29, 0.717) is 0 Å². The molecule has 0 aliphatic carbocycles. The van der Waals surface area contributed by atoms with Crippen molar-refractivity contribution >= 4 is 6.34 Å². The standard InChI is InChI=1S/C16H32N2O.Na.H/c1-3-4-5-6-7-8-9-10-11-12-16(2,19)18-14-13-17-15-18;;/h15,19H,3-14H2,1-2H3;;/q;+1;-1. The predicted octanol–water partition coefficient (Wildman–Crippen LogP) is 1.08. The van der Waals surface area contributed by atoms with Gasteiger partial charge in [0.2, 0.25) is 0 Å². The summed E-state index contributed by atoms with van der Waals surface area (Å²) in [4.78, 5) is 6.14. The molecule has 0 spiro atoms. The molecule has 0 amide bonds. The van der Waals surface area contributed by atoms with Gasteiger partial charge < -0.3 is 11.4 Å². The molecule has 1 rings (SSSR count). The van der Waals surface area contributed by atoms with Gasteiger partial charge in [0, 0.05) is 6.54 Å². The van der Waals surface area contributed by atoms with Crippen molar-refractivity contribution < 1.29 is 36.1 Å². The summed E-state index contributed by atoms with van der Waals surface area (Å²) in [5, 5.41) is 10.3. The van der Waals surface area contributed by atoms with Gasteiger partial charge in [-0.1, -0.05) is 58.3 Å². The number of unbranched alkanes of at least 4 members (excludes halogenated alkanes) is 8. The largest absolute Gasteiger partial charge is 1.00 e. The van der Waals surface area contributed by atoms with Crippen LogP contribution in [0.2, 0.25) is 0 Å². The van der Waals surface area contributed by atoms with Gasteiger partial charge in [-0.25, -0.2) is 0 Å². The molecule has 4 heteroatoms. The van der Waals surface area contributed by atoms with Crippen molar-refractivity contribution in [3.8, 4) is 0 Å². The van der Waals surface area contributed by atoms with E-state index in [4.69, 9.17) is 0 Å². The molecular formula is C16H33N2NaO. The molecule has 0 fully saturated rings. The first-order valence-electron chi connectivity index (χ1n) is 8.16. The van der Waals surface area contributed by atoms with Crippen LogP contribution >= 0.6 is 0 Å². The quantitative estimate of drug-likeness (QED) is 0.457. The van der Waals surface area contributed by atoms with Crippen LogP contribution in [0.4, 0.5) is 0 Å². The summed E-state index contributed by atoms with van der Waals surface area (Å²) in [6, 6.07) is 0. The Morgan fingerprint density at radius 2 is 1.65 bits per heavy atom. The second-order valence-corrected chi connectivity index (χ2v) is 6.01. The van der Waals surface area contributed by atoms with Crippen molar-refractivity contribution in [2.75, 3.05) is 13.1 Å². The van der Waals surface area contributed by atoms with Gasteiger partial charge in [-0.3, -0.25) is 4.99 Å². The van der Waals surface area contributed by atoms with Gasteiger partial charge in [-0.15, -0.1) is 0 Å². The Labute approximate surface area is 149 Å². The molecule has 114 valence electrons. The summed E-state index contributed by atoms with van der Waals surface area (Å²) in [6.45, 7) is 5.87. The molecule has 0 radical (unpaired) electrons. The molecule has 1 unspecified atom stereocenters. The summed E-state index contributed by atoms with van der Waals surface area (Å²) in [5.41, 5.74) is -0.693. The summed E-state index contributed by atoms with van der Waals surface area (Å²) in [6.07, 6.45) is 14.6. The normalized spacial score (nSPS) is 17.1. The zero-order valence-electron chi connectivity index (χ0n) is 14.9. The van der Waals surface area contributed by atoms with E-state index in [9.17, 15) is 5.11 Å². The Balaban J connectivity index is 0. The minimum Gasteiger partial charge on any atom is -1.00 e. The van der Waals surface area contributed by atoms with Crippen LogP contribution in [0.3, 0.4) is 0 Å². The average molecular weight is 292 g/mol.